The van der Waals surface area contributed by atoms with Crippen LogP contribution in [0.1, 0.15) is 24.5 Å². The molecule has 0 saturated carbocycles. The van der Waals surface area contributed by atoms with Crippen LogP contribution >= 0.6 is 11.6 Å². The van der Waals surface area contributed by atoms with Crippen molar-refractivity contribution < 1.29 is 9.18 Å². The molecule has 0 saturated heterocycles. The fourth-order valence-electron chi connectivity index (χ4n) is 2.22. The maximum Gasteiger partial charge on any atom is 0.244 e. The number of amides is 1. The van der Waals surface area contributed by atoms with Crippen molar-refractivity contribution >= 4 is 23.6 Å². The van der Waals surface area contributed by atoms with Crippen LogP contribution in [0.2, 0.25) is 5.02 Å². The zero-order valence-corrected chi connectivity index (χ0v) is 13.7. The van der Waals surface area contributed by atoms with E-state index in [1.165, 1.54) is 29.8 Å². The van der Waals surface area contributed by atoms with E-state index < -0.39 is 5.82 Å². The van der Waals surface area contributed by atoms with Gasteiger partial charge in [-0.05, 0) is 43.5 Å². The first-order valence-electron chi connectivity index (χ1n) is 7.53. The highest BCUT2D eigenvalue weighted by molar-refractivity contribution is 6.32. The van der Waals surface area contributed by atoms with E-state index in [4.69, 9.17) is 11.6 Å². The Kier molecular flexibility index (Phi) is 6.36. The van der Waals surface area contributed by atoms with E-state index >= 15 is 0 Å². The Labute approximate surface area is 141 Å². The summed E-state index contributed by atoms with van der Waals surface area (Å²) in [5, 5.41) is 3.15. The van der Waals surface area contributed by atoms with E-state index in [-0.39, 0.29) is 22.5 Å². The van der Waals surface area contributed by atoms with Crippen LogP contribution in [0.15, 0.2) is 54.6 Å². The van der Waals surface area contributed by atoms with Crippen molar-refractivity contribution in [2.24, 2.45) is 0 Å². The second-order valence-corrected chi connectivity index (χ2v) is 5.81. The Morgan fingerprint density at radius 3 is 2.65 bits per heavy atom. The predicted octanol–water partition coefficient (Wildman–Crippen LogP) is 4.63. The summed E-state index contributed by atoms with van der Waals surface area (Å²) in [6, 6.07) is 14.6. The van der Waals surface area contributed by atoms with Crippen LogP contribution in [-0.4, -0.2) is 11.9 Å². The standard InChI is InChI=1S/C19H19ClFNO/c1-14(10-11-15-6-3-2-4-7-15)22-19(23)13-12-16-17(20)8-5-9-18(16)21/h2-9,12-14H,10-11H2,1H3,(H,22,23)/b13-12+/t14-/m0/s1. The first kappa shape index (κ1) is 17.2. The van der Waals surface area contributed by atoms with E-state index in [0.29, 0.717) is 0 Å². The summed E-state index contributed by atoms with van der Waals surface area (Å²) in [6.07, 6.45) is 4.44. The van der Waals surface area contributed by atoms with E-state index in [2.05, 4.69) is 17.4 Å². The van der Waals surface area contributed by atoms with E-state index in [1.54, 1.807) is 6.07 Å². The number of rotatable bonds is 6. The van der Waals surface area contributed by atoms with Gasteiger partial charge >= 0.3 is 0 Å². The monoisotopic (exact) mass is 331 g/mol. The lowest BCUT2D eigenvalue weighted by molar-refractivity contribution is -0.117. The molecule has 2 rings (SSSR count). The first-order valence-corrected chi connectivity index (χ1v) is 7.90. The lowest BCUT2D eigenvalue weighted by Gasteiger charge is -2.12. The van der Waals surface area contributed by atoms with Gasteiger partial charge in [0.2, 0.25) is 5.91 Å². The lowest BCUT2D eigenvalue weighted by Crippen LogP contribution is -2.31. The Balaban J connectivity index is 1.85. The number of benzene rings is 2. The Morgan fingerprint density at radius 2 is 1.96 bits per heavy atom. The normalized spacial score (nSPS) is 12.3. The van der Waals surface area contributed by atoms with Gasteiger partial charge in [-0.25, -0.2) is 4.39 Å². The summed E-state index contributed by atoms with van der Waals surface area (Å²) in [5.74, 6) is -0.705. The van der Waals surface area contributed by atoms with Crippen molar-refractivity contribution in [1.29, 1.82) is 0 Å². The minimum Gasteiger partial charge on any atom is -0.350 e. The molecule has 0 unspecified atom stereocenters. The zero-order valence-electron chi connectivity index (χ0n) is 12.9. The molecule has 0 aliphatic heterocycles. The van der Waals surface area contributed by atoms with Gasteiger partial charge in [0.25, 0.3) is 0 Å². The third kappa shape index (κ3) is 5.53. The highest BCUT2D eigenvalue weighted by Gasteiger charge is 2.07. The highest BCUT2D eigenvalue weighted by Crippen LogP contribution is 2.20. The molecule has 0 radical (unpaired) electrons. The van der Waals surface area contributed by atoms with Gasteiger partial charge < -0.3 is 5.32 Å². The average Bonchev–Trinajstić information content (AvgIpc) is 2.53. The SMILES string of the molecule is C[C@@H](CCc1ccccc1)NC(=O)/C=C/c1c(F)cccc1Cl. The lowest BCUT2D eigenvalue weighted by atomic mass is 10.1. The third-order valence-electron chi connectivity index (χ3n) is 3.50. The van der Waals surface area contributed by atoms with Gasteiger partial charge in [-0.3, -0.25) is 4.79 Å². The van der Waals surface area contributed by atoms with Crippen LogP contribution in [0.3, 0.4) is 0 Å². The summed E-state index contributed by atoms with van der Waals surface area (Å²) < 4.78 is 13.6. The van der Waals surface area contributed by atoms with Gasteiger partial charge in [0.05, 0.1) is 5.02 Å². The summed E-state index contributed by atoms with van der Waals surface area (Å²) in [5.41, 5.74) is 1.46. The molecule has 1 amide bonds. The van der Waals surface area contributed by atoms with Gasteiger partial charge in [-0.1, -0.05) is 48.0 Å². The smallest absolute Gasteiger partial charge is 0.244 e. The molecular weight excluding hydrogens is 313 g/mol. The van der Waals surface area contributed by atoms with Crippen molar-refractivity contribution in [3.8, 4) is 0 Å². The second kappa shape index (κ2) is 8.49. The fraction of sp³-hybridized carbons (Fsp3) is 0.211. The molecule has 23 heavy (non-hydrogen) atoms. The molecule has 0 spiro atoms. The fourth-order valence-corrected chi connectivity index (χ4v) is 2.45. The second-order valence-electron chi connectivity index (χ2n) is 5.40. The number of carbonyl (C=O) groups is 1. The third-order valence-corrected chi connectivity index (χ3v) is 3.83. The summed E-state index contributed by atoms with van der Waals surface area (Å²) >= 11 is 5.91. The van der Waals surface area contributed by atoms with Gasteiger partial charge in [-0.15, -0.1) is 0 Å². The van der Waals surface area contributed by atoms with E-state index in [1.807, 2.05) is 25.1 Å². The Bertz CT molecular complexity index is 665. The van der Waals surface area contributed by atoms with Crippen LogP contribution in [0, 0.1) is 5.82 Å². The minimum atomic E-state index is -0.446. The molecule has 0 heterocycles. The Hall–Kier alpha value is -2.13. The van der Waals surface area contributed by atoms with Crippen LogP contribution < -0.4 is 5.32 Å². The van der Waals surface area contributed by atoms with Gasteiger partial charge in [0, 0.05) is 17.7 Å². The minimum absolute atomic E-state index is 0.0310. The quantitative estimate of drug-likeness (QED) is 0.768. The highest BCUT2D eigenvalue weighted by atomic mass is 35.5. The molecule has 120 valence electrons. The summed E-state index contributed by atoms with van der Waals surface area (Å²) in [6.45, 7) is 1.95. The largest absolute Gasteiger partial charge is 0.350 e. The van der Waals surface area contributed by atoms with E-state index in [0.717, 1.165) is 12.8 Å². The van der Waals surface area contributed by atoms with Gasteiger partial charge in [-0.2, -0.15) is 0 Å². The molecule has 2 nitrogen and oxygen atoms in total. The molecule has 0 fully saturated rings. The van der Waals surface area contributed by atoms with Crippen molar-refractivity contribution in [3.05, 3.63) is 76.6 Å². The number of halogens is 2. The number of nitrogens with one attached hydrogen (secondary N) is 1. The van der Waals surface area contributed by atoms with Gasteiger partial charge in [0.15, 0.2) is 0 Å². The zero-order chi connectivity index (χ0) is 16.7. The molecule has 1 N–H and O–H groups in total. The summed E-state index contributed by atoms with van der Waals surface area (Å²) in [7, 11) is 0. The van der Waals surface area contributed by atoms with Crippen LogP contribution in [0.25, 0.3) is 6.08 Å². The topological polar surface area (TPSA) is 29.1 Å². The first-order chi connectivity index (χ1) is 11.1. The number of aryl methyl sites for hydroxylation is 1. The van der Waals surface area contributed by atoms with Crippen molar-refractivity contribution in [1.82, 2.24) is 5.32 Å². The van der Waals surface area contributed by atoms with Crippen molar-refractivity contribution in [2.75, 3.05) is 0 Å². The van der Waals surface area contributed by atoms with Gasteiger partial charge in [0.1, 0.15) is 5.82 Å². The molecule has 0 aliphatic rings. The Morgan fingerprint density at radius 1 is 1.22 bits per heavy atom. The molecule has 0 bridgehead atoms. The molecule has 2 aromatic rings. The molecule has 0 aromatic heterocycles. The number of carbonyl (C=O) groups excluding carboxylic acids is 1. The maximum absolute atomic E-state index is 13.6. The molecular formula is C19H19ClFNO. The number of hydrogen-bond donors (Lipinski definition) is 1. The average molecular weight is 332 g/mol. The van der Waals surface area contributed by atoms with Crippen LogP contribution in [-0.2, 0) is 11.2 Å². The molecule has 1 atom stereocenters. The van der Waals surface area contributed by atoms with Crippen molar-refractivity contribution in [3.63, 3.8) is 0 Å². The van der Waals surface area contributed by atoms with E-state index in [9.17, 15) is 9.18 Å². The van der Waals surface area contributed by atoms with Crippen LogP contribution in [0.4, 0.5) is 4.39 Å². The molecule has 0 aliphatic carbocycles. The summed E-state index contributed by atoms with van der Waals surface area (Å²) in [4.78, 5) is 11.9. The maximum atomic E-state index is 13.6. The van der Waals surface area contributed by atoms with Crippen molar-refractivity contribution in [2.45, 2.75) is 25.8 Å². The van der Waals surface area contributed by atoms with Crippen LogP contribution in [0.5, 0.6) is 0 Å². The number of hydrogen-bond acceptors (Lipinski definition) is 1. The predicted molar refractivity (Wildman–Crippen MR) is 92.8 cm³/mol. The molecule has 2 aromatic carbocycles. The molecule has 4 heteroatoms.